The molecule has 0 atom stereocenters. The molecule has 0 spiro atoms. The minimum Gasteiger partial charge on any atom is -0.329 e. The van der Waals surface area contributed by atoms with Gasteiger partial charge in [-0.25, -0.2) is 4.98 Å². The second kappa shape index (κ2) is 6.00. The summed E-state index contributed by atoms with van der Waals surface area (Å²) >= 11 is 1.86. The molecule has 4 heteroatoms. The SMILES string of the molecule is Cc1ccc(CNCCn2cnc3cc(C)c(C)cc32)s1. The van der Waals surface area contributed by atoms with E-state index >= 15 is 0 Å². The molecule has 0 bridgehead atoms. The predicted molar refractivity (Wildman–Crippen MR) is 90.0 cm³/mol. The lowest BCUT2D eigenvalue weighted by molar-refractivity contribution is 0.610. The Balaban J connectivity index is 1.61. The van der Waals surface area contributed by atoms with E-state index in [1.807, 2.05) is 17.7 Å². The van der Waals surface area contributed by atoms with Crippen molar-refractivity contribution in [1.82, 2.24) is 14.9 Å². The first-order chi connectivity index (χ1) is 10.1. The Bertz CT molecular complexity index is 755. The second-order valence-corrected chi connectivity index (χ2v) is 6.92. The fourth-order valence-corrected chi connectivity index (χ4v) is 3.34. The first-order valence-electron chi connectivity index (χ1n) is 7.31. The highest BCUT2D eigenvalue weighted by molar-refractivity contribution is 7.11. The number of benzene rings is 1. The maximum Gasteiger partial charge on any atom is 0.0958 e. The first-order valence-corrected chi connectivity index (χ1v) is 8.13. The molecular weight excluding hydrogens is 278 g/mol. The molecule has 3 aromatic rings. The van der Waals surface area contributed by atoms with Crippen molar-refractivity contribution >= 4 is 22.4 Å². The minimum absolute atomic E-state index is 0.948. The van der Waals surface area contributed by atoms with Crippen LogP contribution >= 0.6 is 11.3 Å². The predicted octanol–water partition coefficient (Wildman–Crippen LogP) is 3.81. The molecule has 0 saturated heterocycles. The fourth-order valence-electron chi connectivity index (χ4n) is 2.48. The van der Waals surface area contributed by atoms with E-state index in [1.54, 1.807) is 0 Å². The van der Waals surface area contributed by atoms with Gasteiger partial charge in [-0.2, -0.15) is 0 Å². The zero-order valence-electron chi connectivity index (χ0n) is 12.8. The molecule has 110 valence electrons. The van der Waals surface area contributed by atoms with Gasteiger partial charge >= 0.3 is 0 Å². The summed E-state index contributed by atoms with van der Waals surface area (Å²) in [6.07, 6.45) is 1.94. The fraction of sp³-hybridized carbons (Fsp3) is 0.353. The molecule has 0 radical (unpaired) electrons. The maximum atomic E-state index is 4.50. The van der Waals surface area contributed by atoms with Crippen LogP contribution in [-0.4, -0.2) is 16.1 Å². The summed E-state index contributed by atoms with van der Waals surface area (Å²) in [6.45, 7) is 9.29. The molecule has 1 aromatic carbocycles. The maximum absolute atomic E-state index is 4.50. The van der Waals surface area contributed by atoms with Crippen LogP contribution in [0.25, 0.3) is 11.0 Å². The van der Waals surface area contributed by atoms with Crippen molar-refractivity contribution in [2.75, 3.05) is 6.54 Å². The van der Waals surface area contributed by atoms with E-state index in [2.05, 4.69) is 59.9 Å². The van der Waals surface area contributed by atoms with E-state index in [0.717, 1.165) is 25.2 Å². The van der Waals surface area contributed by atoms with Crippen LogP contribution in [0.5, 0.6) is 0 Å². The van der Waals surface area contributed by atoms with Gasteiger partial charge < -0.3 is 9.88 Å². The number of imidazole rings is 1. The van der Waals surface area contributed by atoms with Crippen LogP contribution in [-0.2, 0) is 13.1 Å². The van der Waals surface area contributed by atoms with Crippen molar-refractivity contribution in [1.29, 1.82) is 0 Å². The summed E-state index contributed by atoms with van der Waals surface area (Å²) in [4.78, 5) is 7.27. The molecule has 21 heavy (non-hydrogen) atoms. The van der Waals surface area contributed by atoms with Gasteiger partial charge in [-0.05, 0) is 56.2 Å². The van der Waals surface area contributed by atoms with Gasteiger partial charge in [0.2, 0.25) is 0 Å². The summed E-state index contributed by atoms with van der Waals surface area (Å²) in [5.74, 6) is 0. The summed E-state index contributed by atoms with van der Waals surface area (Å²) in [6, 6.07) is 8.78. The molecule has 2 aromatic heterocycles. The Morgan fingerprint density at radius 3 is 2.71 bits per heavy atom. The molecule has 0 aliphatic rings. The molecule has 3 rings (SSSR count). The summed E-state index contributed by atoms with van der Waals surface area (Å²) in [5, 5.41) is 3.51. The average Bonchev–Trinajstić information content (AvgIpc) is 3.03. The van der Waals surface area contributed by atoms with Crippen LogP contribution in [0.3, 0.4) is 0 Å². The standard InChI is InChI=1S/C17H21N3S/c1-12-8-16-17(9-13(12)2)20(11-19-16)7-6-18-10-15-5-4-14(3)21-15/h4-5,8-9,11,18H,6-7,10H2,1-3H3. The summed E-state index contributed by atoms with van der Waals surface area (Å²) < 4.78 is 2.23. The van der Waals surface area contributed by atoms with Gasteiger partial charge in [0, 0.05) is 29.4 Å². The molecule has 0 aliphatic carbocycles. The number of nitrogens with zero attached hydrogens (tertiary/aromatic N) is 2. The Kier molecular flexibility index (Phi) is 4.08. The van der Waals surface area contributed by atoms with Crippen LogP contribution in [0.4, 0.5) is 0 Å². The minimum atomic E-state index is 0.948. The number of aryl methyl sites for hydroxylation is 3. The number of nitrogens with one attached hydrogen (secondary N) is 1. The van der Waals surface area contributed by atoms with Crippen LogP contribution in [0.15, 0.2) is 30.6 Å². The van der Waals surface area contributed by atoms with E-state index in [0.29, 0.717) is 0 Å². The summed E-state index contributed by atoms with van der Waals surface area (Å²) in [5.41, 5.74) is 4.95. The zero-order valence-corrected chi connectivity index (χ0v) is 13.6. The van der Waals surface area contributed by atoms with Gasteiger partial charge in [-0.3, -0.25) is 0 Å². The Labute approximate surface area is 129 Å². The van der Waals surface area contributed by atoms with Crippen molar-refractivity contribution < 1.29 is 0 Å². The smallest absolute Gasteiger partial charge is 0.0958 e. The highest BCUT2D eigenvalue weighted by Crippen LogP contribution is 2.18. The third-order valence-electron chi connectivity index (χ3n) is 3.86. The molecule has 0 saturated carbocycles. The molecule has 2 heterocycles. The number of hydrogen-bond donors (Lipinski definition) is 1. The third kappa shape index (κ3) is 3.17. The number of hydrogen-bond acceptors (Lipinski definition) is 3. The van der Waals surface area contributed by atoms with Gasteiger partial charge in [0.25, 0.3) is 0 Å². The van der Waals surface area contributed by atoms with Crippen molar-refractivity contribution in [3.05, 3.63) is 51.5 Å². The van der Waals surface area contributed by atoms with Crippen molar-refractivity contribution in [2.45, 2.75) is 33.9 Å². The number of aromatic nitrogens is 2. The highest BCUT2D eigenvalue weighted by Gasteiger charge is 2.04. The van der Waals surface area contributed by atoms with Crippen LogP contribution in [0.1, 0.15) is 20.9 Å². The number of thiophene rings is 1. The molecule has 0 aliphatic heterocycles. The van der Waals surface area contributed by atoms with Crippen LogP contribution < -0.4 is 5.32 Å². The van der Waals surface area contributed by atoms with Gasteiger partial charge in [0.15, 0.2) is 0 Å². The summed E-state index contributed by atoms with van der Waals surface area (Å²) in [7, 11) is 0. The van der Waals surface area contributed by atoms with Gasteiger partial charge in [-0.1, -0.05) is 0 Å². The van der Waals surface area contributed by atoms with Gasteiger partial charge in [-0.15, -0.1) is 11.3 Å². The topological polar surface area (TPSA) is 29.9 Å². The molecule has 0 unspecified atom stereocenters. The monoisotopic (exact) mass is 299 g/mol. The normalized spacial score (nSPS) is 11.4. The van der Waals surface area contributed by atoms with E-state index < -0.39 is 0 Å². The van der Waals surface area contributed by atoms with Gasteiger partial charge in [0.1, 0.15) is 0 Å². The van der Waals surface area contributed by atoms with Gasteiger partial charge in [0.05, 0.1) is 17.4 Å². The number of fused-ring (bicyclic) bond motifs is 1. The van der Waals surface area contributed by atoms with Crippen LogP contribution in [0.2, 0.25) is 0 Å². The van der Waals surface area contributed by atoms with E-state index in [4.69, 9.17) is 0 Å². The molecular formula is C17H21N3S. The van der Waals surface area contributed by atoms with Crippen molar-refractivity contribution in [3.8, 4) is 0 Å². The zero-order chi connectivity index (χ0) is 14.8. The van der Waals surface area contributed by atoms with Crippen LogP contribution in [0, 0.1) is 20.8 Å². The van der Waals surface area contributed by atoms with Crippen molar-refractivity contribution in [2.24, 2.45) is 0 Å². The first kappa shape index (κ1) is 14.3. The Morgan fingerprint density at radius 2 is 1.95 bits per heavy atom. The molecule has 1 N–H and O–H groups in total. The lowest BCUT2D eigenvalue weighted by Crippen LogP contribution is -2.18. The lowest BCUT2D eigenvalue weighted by Gasteiger charge is -2.07. The number of rotatable bonds is 5. The lowest BCUT2D eigenvalue weighted by atomic mass is 10.1. The molecule has 0 fully saturated rings. The largest absolute Gasteiger partial charge is 0.329 e. The quantitative estimate of drug-likeness (QED) is 0.726. The highest BCUT2D eigenvalue weighted by atomic mass is 32.1. The molecule has 3 nitrogen and oxygen atoms in total. The third-order valence-corrected chi connectivity index (χ3v) is 4.86. The average molecular weight is 299 g/mol. The van der Waals surface area contributed by atoms with E-state index in [-0.39, 0.29) is 0 Å². The van der Waals surface area contributed by atoms with Crippen molar-refractivity contribution in [3.63, 3.8) is 0 Å². The second-order valence-electron chi connectivity index (χ2n) is 5.55. The van der Waals surface area contributed by atoms with E-state index in [9.17, 15) is 0 Å². The molecule has 0 amide bonds. The Hall–Kier alpha value is -1.65. The van der Waals surface area contributed by atoms with E-state index in [1.165, 1.54) is 26.4 Å². The Morgan fingerprint density at radius 1 is 1.14 bits per heavy atom.